The van der Waals surface area contributed by atoms with E-state index in [0.29, 0.717) is 24.3 Å². The van der Waals surface area contributed by atoms with Gasteiger partial charge in [-0.1, -0.05) is 36.5 Å². The summed E-state index contributed by atoms with van der Waals surface area (Å²) in [6.45, 7) is 0. The van der Waals surface area contributed by atoms with E-state index >= 15 is 0 Å². The topological polar surface area (TPSA) is 149 Å². The van der Waals surface area contributed by atoms with Crippen LogP contribution in [-0.4, -0.2) is 56.7 Å². The molecule has 0 fully saturated rings. The van der Waals surface area contributed by atoms with Crippen molar-refractivity contribution in [2.45, 2.75) is 25.2 Å². The first-order valence-electron chi connectivity index (χ1n) is 8.75. The Bertz CT molecular complexity index is 918. The Morgan fingerprint density at radius 1 is 0.636 bits per heavy atom. The SMILES string of the molecule is O=C(O)C1(C(=O)O)C=CC=C(C(C2=CC=CC(C(=O)O)(C(=O)O)C2)(C(F)(F)F)C(F)(F)F)C1. The monoisotopic (exact) mass is 484 g/mol. The molecule has 8 nitrogen and oxygen atoms in total. The fourth-order valence-electron chi connectivity index (χ4n) is 3.87. The van der Waals surface area contributed by atoms with Crippen LogP contribution in [0.25, 0.3) is 0 Å². The highest BCUT2D eigenvalue weighted by molar-refractivity contribution is 6.02. The summed E-state index contributed by atoms with van der Waals surface area (Å²) in [5.74, 6) is -8.95. The van der Waals surface area contributed by atoms with E-state index in [0.717, 1.165) is 0 Å². The van der Waals surface area contributed by atoms with Crippen LogP contribution in [0.15, 0.2) is 47.6 Å². The van der Waals surface area contributed by atoms with Gasteiger partial charge in [0.15, 0.2) is 10.8 Å². The summed E-state index contributed by atoms with van der Waals surface area (Å²) in [7, 11) is 0. The minimum absolute atomic E-state index is 0.244. The van der Waals surface area contributed by atoms with Crippen LogP contribution in [0, 0.1) is 16.2 Å². The number of rotatable bonds is 6. The zero-order valence-electron chi connectivity index (χ0n) is 16.1. The average Bonchev–Trinajstić information content (AvgIpc) is 2.65. The fraction of sp³-hybridized carbons (Fsp3) is 0.368. The molecule has 0 bridgehead atoms. The molecule has 0 spiro atoms. The third-order valence-electron chi connectivity index (χ3n) is 5.64. The maximum atomic E-state index is 14.3. The molecular weight excluding hydrogens is 470 g/mol. The van der Waals surface area contributed by atoms with Crippen molar-refractivity contribution in [2.75, 3.05) is 0 Å². The Morgan fingerprint density at radius 3 is 1.12 bits per heavy atom. The molecule has 4 N–H and O–H groups in total. The van der Waals surface area contributed by atoms with Gasteiger partial charge in [0.1, 0.15) is 0 Å². The minimum atomic E-state index is -6.30. The molecule has 0 amide bonds. The molecule has 0 saturated carbocycles. The molecule has 0 unspecified atom stereocenters. The number of carbonyl (C=O) groups is 4. The number of carboxylic acid groups (broad SMARTS) is 4. The summed E-state index contributed by atoms with van der Waals surface area (Å²) in [4.78, 5) is 46.2. The summed E-state index contributed by atoms with van der Waals surface area (Å²) in [6.07, 6.45) is -14.0. The van der Waals surface area contributed by atoms with Crippen molar-refractivity contribution in [3.8, 4) is 0 Å². The van der Waals surface area contributed by atoms with E-state index < -0.39 is 76.5 Å². The highest BCUT2D eigenvalue weighted by Gasteiger charge is 2.75. The Morgan fingerprint density at radius 2 is 0.909 bits per heavy atom. The van der Waals surface area contributed by atoms with Gasteiger partial charge in [-0.15, -0.1) is 0 Å². The molecule has 33 heavy (non-hydrogen) atoms. The summed E-state index contributed by atoms with van der Waals surface area (Å²) >= 11 is 0. The number of allylic oxidation sites excluding steroid dienone is 6. The van der Waals surface area contributed by atoms with Crippen LogP contribution in [0.4, 0.5) is 26.3 Å². The Kier molecular flexibility index (Phi) is 6.05. The molecule has 2 aliphatic rings. The first-order chi connectivity index (χ1) is 14.9. The molecule has 0 aromatic carbocycles. The van der Waals surface area contributed by atoms with E-state index in [1.165, 1.54) is 0 Å². The predicted molar refractivity (Wildman–Crippen MR) is 93.6 cm³/mol. The number of aliphatic carboxylic acids is 4. The Hall–Kier alpha value is -3.58. The zero-order valence-corrected chi connectivity index (χ0v) is 16.1. The second-order valence-electron chi connectivity index (χ2n) is 7.36. The number of halogens is 6. The van der Waals surface area contributed by atoms with Gasteiger partial charge in [-0.2, -0.15) is 26.3 Å². The molecule has 0 radical (unpaired) electrons. The van der Waals surface area contributed by atoms with Gasteiger partial charge in [-0.3, -0.25) is 19.2 Å². The molecular formula is C19H14F6O8. The van der Waals surface area contributed by atoms with Gasteiger partial charge in [0.25, 0.3) is 0 Å². The minimum Gasteiger partial charge on any atom is -0.480 e. The maximum Gasteiger partial charge on any atom is 0.410 e. The van der Waals surface area contributed by atoms with Crippen LogP contribution in [0.3, 0.4) is 0 Å². The largest absolute Gasteiger partial charge is 0.480 e. The molecule has 2 rings (SSSR count). The molecule has 2 aliphatic carbocycles. The van der Waals surface area contributed by atoms with Gasteiger partial charge in [0, 0.05) is 12.8 Å². The van der Waals surface area contributed by atoms with Gasteiger partial charge >= 0.3 is 36.2 Å². The zero-order chi connectivity index (χ0) is 25.6. The van der Waals surface area contributed by atoms with Crippen molar-refractivity contribution in [3.05, 3.63) is 47.6 Å². The summed E-state index contributed by atoms with van der Waals surface area (Å²) < 4.78 is 85.9. The smallest absolute Gasteiger partial charge is 0.410 e. The van der Waals surface area contributed by atoms with E-state index in [1.54, 1.807) is 0 Å². The molecule has 0 aliphatic heterocycles. The van der Waals surface area contributed by atoms with Crippen LogP contribution in [0.5, 0.6) is 0 Å². The van der Waals surface area contributed by atoms with Gasteiger partial charge < -0.3 is 20.4 Å². The van der Waals surface area contributed by atoms with Crippen LogP contribution in [-0.2, 0) is 19.2 Å². The van der Waals surface area contributed by atoms with E-state index in [1.807, 2.05) is 0 Å². The summed E-state index contributed by atoms with van der Waals surface area (Å²) in [5, 5.41) is 37.1. The Balaban J connectivity index is 2.90. The average molecular weight is 484 g/mol. The van der Waals surface area contributed by atoms with Crippen LogP contribution in [0.1, 0.15) is 12.8 Å². The number of hydrogen-bond acceptors (Lipinski definition) is 4. The highest BCUT2D eigenvalue weighted by Crippen LogP contribution is 2.64. The van der Waals surface area contributed by atoms with E-state index in [4.69, 9.17) is 0 Å². The fourth-order valence-corrected chi connectivity index (χ4v) is 3.87. The van der Waals surface area contributed by atoms with Crippen molar-refractivity contribution in [3.63, 3.8) is 0 Å². The third-order valence-corrected chi connectivity index (χ3v) is 5.64. The van der Waals surface area contributed by atoms with E-state index in [2.05, 4.69) is 0 Å². The lowest BCUT2D eigenvalue weighted by Crippen LogP contribution is -2.56. The molecule has 14 heteroatoms. The lowest BCUT2D eigenvalue weighted by Gasteiger charge is -2.45. The number of hydrogen-bond donors (Lipinski definition) is 4. The predicted octanol–water partition coefficient (Wildman–Crippen LogP) is 3.18. The van der Waals surface area contributed by atoms with Gasteiger partial charge in [0.05, 0.1) is 0 Å². The van der Waals surface area contributed by atoms with Crippen molar-refractivity contribution < 1.29 is 65.9 Å². The van der Waals surface area contributed by atoms with Crippen LogP contribution < -0.4 is 0 Å². The first-order valence-corrected chi connectivity index (χ1v) is 8.75. The molecule has 0 saturated heterocycles. The van der Waals surface area contributed by atoms with Crippen molar-refractivity contribution >= 4 is 23.9 Å². The normalized spacial score (nSPS) is 19.9. The lowest BCUT2D eigenvalue weighted by molar-refractivity contribution is -0.313. The lowest BCUT2D eigenvalue weighted by atomic mass is 9.61. The quantitative estimate of drug-likeness (QED) is 0.332. The van der Waals surface area contributed by atoms with Gasteiger partial charge in [-0.25, -0.2) is 0 Å². The summed E-state index contributed by atoms with van der Waals surface area (Å²) in [6, 6.07) is 0. The molecule has 0 aromatic rings. The standard InChI is InChI=1S/C19H14F6O8/c20-18(21,22)17(19(23,24)25,9-3-1-5-15(7-9,11(26)27)12(28)29)10-4-2-6-16(8-10,13(30)31)14(32)33/h1-6H,7-8H2,(H,26,27)(H,28,29)(H,30,31)(H,32,33). The second-order valence-corrected chi connectivity index (χ2v) is 7.36. The van der Waals surface area contributed by atoms with Crippen molar-refractivity contribution in [1.29, 1.82) is 0 Å². The Labute approximate surface area is 179 Å². The maximum absolute atomic E-state index is 14.3. The van der Waals surface area contributed by atoms with E-state index in [-0.39, 0.29) is 12.2 Å². The summed E-state index contributed by atoms with van der Waals surface area (Å²) in [5.41, 5.74) is -14.9. The van der Waals surface area contributed by atoms with Crippen molar-refractivity contribution in [2.24, 2.45) is 16.2 Å². The van der Waals surface area contributed by atoms with Crippen LogP contribution in [0.2, 0.25) is 0 Å². The molecule has 0 heterocycles. The molecule has 180 valence electrons. The third kappa shape index (κ3) is 3.58. The van der Waals surface area contributed by atoms with Crippen molar-refractivity contribution in [1.82, 2.24) is 0 Å². The van der Waals surface area contributed by atoms with E-state index in [9.17, 15) is 65.9 Å². The number of alkyl halides is 6. The van der Waals surface area contributed by atoms with Crippen LogP contribution >= 0.6 is 0 Å². The molecule has 0 atom stereocenters. The van der Waals surface area contributed by atoms with Gasteiger partial charge in [-0.05, 0) is 11.1 Å². The highest BCUT2D eigenvalue weighted by atomic mass is 19.4. The molecule has 0 aromatic heterocycles. The number of carboxylic acids is 4. The van der Waals surface area contributed by atoms with Gasteiger partial charge in [0.2, 0.25) is 5.41 Å². The first kappa shape index (κ1) is 25.7. The second kappa shape index (κ2) is 7.78.